The van der Waals surface area contributed by atoms with E-state index in [4.69, 9.17) is 9.47 Å². The quantitative estimate of drug-likeness (QED) is 0.730. The zero-order chi connectivity index (χ0) is 20.9. The van der Waals surface area contributed by atoms with E-state index in [0.717, 1.165) is 11.1 Å². The molecular formula is C21H28N2O4S. The van der Waals surface area contributed by atoms with Crippen molar-refractivity contribution in [1.82, 2.24) is 5.32 Å². The number of hydrogen-bond acceptors (Lipinski definition) is 5. The van der Waals surface area contributed by atoms with Crippen molar-refractivity contribution in [3.63, 3.8) is 0 Å². The van der Waals surface area contributed by atoms with Crippen LogP contribution in [0.5, 0.6) is 11.5 Å². The highest BCUT2D eigenvalue weighted by atomic mass is 32.1. The van der Waals surface area contributed by atoms with Crippen molar-refractivity contribution in [3.8, 4) is 11.5 Å². The minimum absolute atomic E-state index is 0.0749. The highest BCUT2D eigenvalue weighted by Gasteiger charge is 2.23. The fourth-order valence-electron chi connectivity index (χ4n) is 2.51. The summed E-state index contributed by atoms with van der Waals surface area (Å²) in [4.78, 5) is 25.3. The molecule has 1 aromatic heterocycles. The SMILES string of the molecule is COc1ccc(CCNC(=O)c2sc(NC(=O)C(C)(C)C)cc2C)cc1OC. The zero-order valence-corrected chi connectivity index (χ0v) is 18.1. The van der Waals surface area contributed by atoms with Crippen molar-refractivity contribution in [2.24, 2.45) is 5.41 Å². The predicted molar refractivity (Wildman–Crippen MR) is 113 cm³/mol. The van der Waals surface area contributed by atoms with E-state index in [-0.39, 0.29) is 11.8 Å². The van der Waals surface area contributed by atoms with E-state index < -0.39 is 5.41 Å². The number of ether oxygens (including phenoxy) is 2. The molecule has 0 bridgehead atoms. The minimum Gasteiger partial charge on any atom is -0.493 e. The van der Waals surface area contributed by atoms with Gasteiger partial charge in [-0.05, 0) is 42.7 Å². The lowest BCUT2D eigenvalue weighted by Crippen LogP contribution is -2.27. The Morgan fingerprint density at radius 2 is 1.75 bits per heavy atom. The van der Waals surface area contributed by atoms with E-state index in [9.17, 15) is 9.59 Å². The molecule has 2 N–H and O–H groups in total. The third-order valence-electron chi connectivity index (χ3n) is 4.19. The Hall–Kier alpha value is -2.54. The monoisotopic (exact) mass is 404 g/mol. The van der Waals surface area contributed by atoms with Gasteiger partial charge < -0.3 is 20.1 Å². The van der Waals surface area contributed by atoms with Gasteiger partial charge in [0, 0.05) is 12.0 Å². The maximum Gasteiger partial charge on any atom is 0.261 e. The lowest BCUT2D eigenvalue weighted by atomic mass is 9.96. The second-order valence-corrected chi connectivity index (χ2v) is 8.57. The van der Waals surface area contributed by atoms with E-state index in [0.29, 0.717) is 34.3 Å². The van der Waals surface area contributed by atoms with Crippen LogP contribution in [-0.2, 0) is 11.2 Å². The number of aryl methyl sites for hydroxylation is 1. The minimum atomic E-state index is -0.486. The van der Waals surface area contributed by atoms with Crippen LogP contribution in [0, 0.1) is 12.3 Å². The Morgan fingerprint density at radius 3 is 2.36 bits per heavy atom. The standard InChI is InChI=1S/C21H28N2O4S/c1-13-11-17(23-20(25)21(2,3)4)28-18(13)19(24)22-10-9-14-7-8-15(26-5)16(12-14)27-6/h7-8,11-12H,9-10H2,1-6H3,(H,22,24)(H,23,25). The van der Waals surface area contributed by atoms with Crippen LogP contribution in [0.2, 0.25) is 0 Å². The highest BCUT2D eigenvalue weighted by Crippen LogP contribution is 2.29. The molecule has 1 aromatic carbocycles. The number of methoxy groups -OCH3 is 2. The summed E-state index contributed by atoms with van der Waals surface area (Å²) in [6.45, 7) is 7.92. The maximum absolute atomic E-state index is 12.5. The number of amides is 2. The molecule has 0 aliphatic rings. The number of thiophene rings is 1. The molecule has 0 aliphatic heterocycles. The number of rotatable bonds is 7. The number of hydrogen-bond donors (Lipinski definition) is 2. The highest BCUT2D eigenvalue weighted by molar-refractivity contribution is 7.18. The van der Waals surface area contributed by atoms with Crippen molar-refractivity contribution in [3.05, 3.63) is 40.3 Å². The van der Waals surface area contributed by atoms with Gasteiger partial charge in [0.05, 0.1) is 24.1 Å². The number of nitrogens with one attached hydrogen (secondary N) is 2. The Bertz CT molecular complexity index is 853. The molecule has 7 heteroatoms. The molecule has 2 aromatic rings. The lowest BCUT2D eigenvalue weighted by Gasteiger charge is -2.16. The van der Waals surface area contributed by atoms with Crippen molar-refractivity contribution in [2.45, 2.75) is 34.1 Å². The fraction of sp³-hybridized carbons (Fsp3) is 0.429. The van der Waals surface area contributed by atoms with Crippen molar-refractivity contribution in [1.29, 1.82) is 0 Å². The van der Waals surface area contributed by atoms with Crippen LogP contribution in [0.3, 0.4) is 0 Å². The number of carbonyl (C=O) groups excluding carboxylic acids is 2. The summed E-state index contributed by atoms with van der Waals surface area (Å²) >= 11 is 1.29. The van der Waals surface area contributed by atoms with Crippen LogP contribution < -0.4 is 20.1 Å². The van der Waals surface area contributed by atoms with Crippen LogP contribution in [0.25, 0.3) is 0 Å². The largest absolute Gasteiger partial charge is 0.493 e. The Balaban J connectivity index is 1.96. The van der Waals surface area contributed by atoms with Crippen LogP contribution in [0.1, 0.15) is 41.6 Å². The van der Waals surface area contributed by atoms with E-state index >= 15 is 0 Å². The first kappa shape index (κ1) is 21.8. The molecule has 2 amide bonds. The molecule has 152 valence electrons. The Morgan fingerprint density at radius 1 is 1.07 bits per heavy atom. The summed E-state index contributed by atoms with van der Waals surface area (Å²) in [5.74, 6) is 1.13. The molecule has 0 saturated heterocycles. The van der Waals surface area contributed by atoms with Crippen LogP contribution in [-0.4, -0.2) is 32.6 Å². The van der Waals surface area contributed by atoms with E-state index in [1.807, 2.05) is 52.0 Å². The van der Waals surface area contributed by atoms with Gasteiger partial charge in [0.1, 0.15) is 0 Å². The average molecular weight is 405 g/mol. The summed E-state index contributed by atoms with van der Waals surface area (Å²) < 4.78 is 10.5. The summed E-state index contributed by atoms with van der Waals surface area (Å²) in [6, 6.07) is 7.53. The lowest BCUT2D eigenvalue weighted by molar-refractivity contribution is -0.123. The van der Waals surface area contributed by atoms with Gasteiger partial charge in [-0.2, -0.15) is 0 Å². The van der Waals surface area contributed by atoms with Crippen LogP contribution in [0.4, 0.5) is 5.00 Å². The first-order valence-corrected chi connectivity index (χ1v) is 9.88. The van der Waals surface area contributed by atoms with Crippen LogP contribution >= 0.6 is 11.3 Å². The normalized spacial score (nSPS) is 11.1. The fourth-order valence-corrected chi connectivity index (χ4v) is 3.49. The van der Waals surface area contributed by atoms with E-state index in [1.165, 1.54) is 11.3 Å². The Labute approximate surface area is 170 Å². The molecule has 0 radical (unpaired) electrons. The predicted octanol–water partition coefficient (Wildman–Crippen LogP) is 4.03. The Kier molecular flexibility index (Phi) is 7.07. The molecule has 0 saturated carbocycles. The molecule has 0 aliphatic carbocycles. The van der Waals surface area contributed by atoms with Gasteiger partial charge in [-0.3, -0.25) is 9.59 Å². The third-order valence-corrected chi connectivity index (χ3v) is 5.34. The van der Waals surface area contributed by atoms with E-state index in [1.54, 1.807) is 14.2 Å². The zero-order valence-electron chi connectivity index (χ0n) is 17.3. The molecule has 0 unspecified atom stereocenters. The van der Waals surface area contributed by atoms with Gasteiger partial charge in [0.25, 0.3) is 5.91 Å². The number of carbonyl (C=O) groups is 2. The molecular weight excluding hydrogens is 376 g/mol. The molecule has 2 rings (SSSR count). The second kappa shape index (κ2) is 9.10. The van der Waals surface area contributed by atoms with Gasteiger partial charge in [-0.1, -0.05) is 26.8 Å². The first-order valence-electron chi connectivity index (χ1n) is 9.06. The summed E-state index contributed by atoms with van der Waals surface area (Å²) in [5, 5.41) is 6.50. The molecule has 6 nitrogen and oxygen atoms in total. The van der Waals surface area contributed by atoms with Crippen molar-refractivity contribution in [2.75, 3.05) is 26.1 Å². The third kappa shape index (κ3) is 5.48. The van der Waals surface area contributed by atoms with Gasteiger partial charge in [-0.15, -0.1) is 11.3 Å². The summed E-state index contributed by atoms with van der Waals surface area (Å²) in [7, 11) is 3.19. The van der Waals surface area contributed by atoms with Crippen molar-refractivity contribution < 1.29 is 19.1 Å². The average Bonchev–Trinajstić information content (AvgIpc) is 3.00. The topological polar surface area (TPSA) is 76.7 Å². The first-order chi connectivity index (χ1) is 13.2. The van der Waals surface area contributed by atoms with Gasteiger partial charge in [0.15, 0.2) is 11.5 Å². The molecule has 0 atom stereocenters. The second-order valence-electron chi connectivity index (χ2n) is 7.52. The molecule has 1 heterocycles. The van der Waals surface area contributed by atoms with Gasteiger partial charge >= 0.3 is 0 Å². The number of benzene rings is 1. The van der Waals surface area contributed by atoms with Crippen molar-refractivity contribution >= 4 is 28.2 Å². The van der Waals surface area contributed by atoms with E-state index in [2.05, 4.69) is 10.6 Å². The number of anilines is 1. The van der Waals surface area contributed by atoms with Gasteiger partial charge in [-0.25, -0.2) is 0 Å². The molecule has 0 fully saturated rings. The smallest absolute Gasteiger partial charge is 0.261 e. The maximum atomic E-state index is 12.5. The molecule has 28 heavy (non-hydrogen) atoms. The van der Waals surface area contributed by atoms with Gasteiger partial charge in [0.2, 0.25) is 5.91 Å². The summed E-state index contributed by atoms with van der Waals surface area (Å²) in [6.07, 6.45) is 0.671. The summed E-state index contributed by atoms with van der Waals surface area (Å²) in [5.41, 5.74) is 1.40. The van der Waals surface area contributed by atoms with Crippen LogP contribution in [0.15, 0.2) is 24.3 Å². The molecule has 0 spiro atoms.